The van der Waals surface area contributed by atoms with Crippen molar-refractivity contribution in [1.29, 1.82) is 0 Å². The average Bonchev–Trinajstić information content (AvgIpc) is 2.93. The molecule has 0 N–H and O–H groups in total. The maximum absolute atomic E-state index is 12.2. The number of nitrogens with zero attached hydrogens (tertiary/aromatic N) is 2. The summed E-state index contributed by atoms with van der Waals surface area (Å²) in [6.07, 6.45) is 3.77. The normalized spacial score (nSPS) is 12.0. The van der Waals surface area contributed by atoms with Gasteiger partial charge in [0, 0.05) is 25.0 Å². The molecule has 0 radical (unpaired) electrons. The second kappa shape index (κ2) is 8.02. The van der Waals surface area contributed by atoms with E-state index in [1.165, 1.54) is 11.1 Å². The van der Waals surface area contributed by atoms with Crippen LogP contribution < -0.4 is 0 Å². The molecule has 4 heteroatoms. The molecule has 1 amide bonds. The molecule has 0 aliphatic carbocycles. The number of alkyl halides is 1. The van der Waals surface area contributed by atoms with E-state index in [1.54, 1.807) is 17.9 Å². The summed E-state index contributed by atoms with van der Waals surface area (Å²) >= 11 is 5.95. The number of carbonyl (C=O) groups is 1. The van der Waals surface area contributed by atoms with Gasteiger partial charge in [0.15, 0.2) is 0 Å². The predicted molar refractivity (Wildman–Crippen MR) is 95.6 cm³/mol. The summed E-state index contributed by atoms with van der Waals surface area (Å²) < 4.78 is 2.16. The van der Waals surface area contributed by atoms with Crippen LogP contribution in [0.3, 0.4) is 0 Å². The number of aryl methyl sites for hydroxylation is 1. The largest absolute Gasteiger partial charge is 0.345 e. The lowest BCUT2D eigenvalue weighted by Gasteiger charge is -2.23. The van der Waals surface area contributed by atoms with Gasteiger partial charge in [-0.15, -0.1) is 18.2 Å². The summed E-state index contributed by atoms with van der Waals surface area (Å²) in [7, 11) is 0. The molecular weight excluding hydrogens is 308 g/mol. The highest BCUT2D eigenvalue weighted by Crippen LogP contribution is 2.13. The third-order valence-electron chi connectivity index (χ3n) is 3.71. The third kappa shape index (κ3) is 4.73. The van der Waals surface area contributed by atoms with E-state index in [4.69, 9.17) is 11.6 Å². The molecule has 0 aliphatic heterocycles. The van der Waals surface area contributed by atoms with Crippen LogP contribution in [0, 0.1) is 6.92 Å². The minimum atomic E-state index is -0.532. The first-order valence-corrected chi connectivity index (χ1v) is 8.18. The number of hydrogen-bond acceptors (Lipinski definition) is 1. The number of amides is 1. The molecule has 0 aliphatic rings. The molecule has 2 aromatic rings. The maximum Gasteiger partial charge on any atom is 0.240 e. The molecule has 1 heterocycles. The number of hydrogen-bond donors (Lipinski definition) is 0. The highest BCUT2D eigenvalue weighted by molar-refractivity contribution is 6.30. The number of benzene rings is 1. The molecule has 122 valence electrons. The molecule has 0 saturated carbocycles. The maximum atomic E-state index is 12.2. The lowest BCUT2D eigenvalue weighted by molar-refractivity contribution is -0.130. The van der Waals surface area contributed by atoms with Gasteiger partial charge in [0.1, 0.15) is 5.38 Å². The van der Waals surface area contributed by atoms with Crippen molar-refractivity contribution in [3.05, 3.63) is 72.1 Å². The second-order valence-electron chi connectivity index (χ2n) is 5.74. The van der Waals surface area contributed by atoms with Crippen molar-refractivity contribution in [1.82, 2.24) is 9.47 Å². The average molecular weight is 331 g/mol. The smallest absolute Gasteiger partial charge is 0.240 e. The summed E-state index contributed by atoms with van der Waals surface area (Å²) in [6.45, 7) is 9.33. The highest BCUT2D eigenvalue weighted by atomic mass is 35.5. The number of halogens is 1. The molecule has 2 rings (SSSR count). The number of carbonyl (C=O) groups excluding carboxylic acids is 1. The Kier molecular flexibility index (Phi) is 6.05. The first kappa shape index (κ1) is 17.4. The minimum absolute atomic E-state index is 0.0742. The first-order chi connectivity index (χ1) is 11.0. The Labute approximate surface area is 143 Å². The molecule has 1 atom stereocenters. The van der Waals surface area contributed by atoms with E-state index >= 15 is 0 Å². The van der Waals surface area contributed by atoms with Crippen LogP contribution in [0.5, 0.6) is 0 Å². The quantitative estimate of drug-likeness (QED) is 0.556. The van der Waals surface area contributed by atoms with E-state index in [0.29, 0.717) is 13.1 Å². The summed E-state index contributed by atoms with van der Waals surface area (Å²) in [5.74, 6) is -0.0742. The molecule has 1 unspecified atom stereocenters. The van der Waals surface area contributed by atoms with Gasteiger partial charge in [-0.3, -0.25) is 4.79 Å². The standard InChI is InChI=1S/C19H23ClN2O/c1-4-10-22(19(23)16(3)20)14-18-9-6-11-21(18)13-17-8-5-7-15(2)12-17/h4-9,11-12,16H,1,10,13-14H2,2-3H3. The van der Waals surface area contributed by atoms with Crippen LogP contribution in [-0.2, 0) is 17.9 Å². The molecule has 0 fully saturated rings. The Morgan fingerprint density at radius 1 is 1.39 bits per heavy atom. The first-order valence-electron chi connectivity index (χ1n) is 7.74. The molecule has 0 bridgehead atoms. The van der Waals surface area contributed by atoms with Gasteiger partial charge in [-0.05, 0) is 31.5 Å². The monoisotopic (exact) mass is 330 g/mol. The lowest BCUT2D eigenvalue weighted by Crippen LogP contribution is -2.36. The molecule has 1 aromatic carbocycles. The SMILES string of the molecule is C=CCN(Cc1cccn1Cc1cccc(C)c1)C(=O)C(C)Cl. The van der Waals surface area contributed by atoms with E-state index in [0.717, 1.165) is 12.2 Å². The van der Waals surface area contributed by atoms with Crippen LogP contribution >= 0.6 is 11.6 Å². The van der Waals surface area contributed by atoms with Crippen LogP contribution in [0.25, 0.3) is 0 Å². The zero-order valence-electron chi connectivity index (χ0n) is 13.7. The zero-order chi connectivity index (χ0) is 16.8. The van der Waals surface area contributed by atoms with E-state index < -0.39 is 5.38 Å². The Bertz CT molecular complexity index is 676. The van der Waals surface area contributed by atoms with Gasteiger partial charge < -0.3 is 9.47 Å². The van der Waals surface area contributed by atoms with E-state index in [1.807, 2.05) is 18.3 Å². The van der Waals surface area contributed by atoms with Gasteiger partial charge in [-0.2, -0.15) is 0 Å². The molecular formula is C19H23ClN2O. The van der Waals surface area contributed by atoms with Crippen molar-refractivity contribution in [2.24, 2.45) is 0 Å². The van der Waals surface area contributed by atoms with Gasteiger partial charge in [0.2, 0.25) is 5.91 Å². The van der Waals surface area contributed by atoms with Crippen molar-refractivity contribution in [2.45, 2.75) is 32.3 Å². The van der Waals surface area contributed by atoms with E-state index in [9.17, 15) is 4.79 Å². The van der Waals surface area contributed by atoms with E-state index in [2.05, 4.69) is 42.3 Å². The Morgan fingerprint density at radius 2 is 2.17 bits per heavy atom. The minimum Gasteiger partial charge on any atom is -0.345 e. The van der Waals surface area contributed by atoms with Gasteiger partial charge in [-0.25, -0.2) is 0 Å². The summed E-state index contributed by atoms with van der Waals surface area (Å²) in [6, 6.07) is 12.5. The van der Waals surface area contributed by atoms with Crippen LogP contribution in [0.2, 0.25) is 0 Å². The van der Waals surface area contributed by atoms with Crippen LogP contribution in [0.15, 0.2) is 55.3 Å². The van der Waals surface area contributed by atoms with Crippen LogP contribution in [0.1, 0.15) is 23.7 Å². The zero-order valence-corrected chi connectivity index (χ0v) is 14.5. The van der Waals surface area contributed by atoms with Crippen molar-refractivity contribution in [2.75, 3.05) is 6.54 Å². The predicted octanol–water partition coefficient (Wildman–Crippen LogP) is 3.99. The Hall–Kier alpha value is -2.00. The van der Waals surface area contributed by atoms with Gasteiger partial charge in [-0.1, -0.05) is 35.9 Å². The molecule has 3 nitrogen and oxygen atoms in total. The fourth-order valence-corrected chi connectivity index (χ4v) is 2.73. The topological polar surface area (TPSA) is 25.2 Å². The van der Waals surface area contributed by atoms with Gasteiger partial charge in [0.25, 0.3) is 0 Å². The van der Waals surface area contributed by atoms with Crippen LogP contribution in [0.4, 0.5) is 0 Å². The summed E-state index contributed by atoms with van der Waals surface area (Å²) in [5.41, 5.74) is 3.57. The highest BCUT2D eigenvalue weighted by Gasteiger charge is 2.18. The van der Waals surface area contributed by atoms with Crippen molar-refractivity contribution >= 4 is 17.5 Å². The van der Waals surface area contributed by atoms with Gasteiger partial charge >= 0.3 is 0 Å². The Morgan fingerprint density at radius 3 is 2.83 bits per heavy atom. The van der Waals surface area contributed by atoms with Crippen molar-refractivity contribution < 1.29 is 4.79 Å². The summed E-state index contributed by atoms with van der Waals surface area (Å²) in [4.78, 5) is 13.9. The van der Waals surface area contributed by atoms with Crippen LogP contribution in [-0.4, -0.2) is 27.3 Å². The van der Waals surface area contributed by atoms with Gasteiger partial charge in [0.05, 0.1) is 6.54 Å². The molecule has 0 saturated heterocycles. The van der Waals surface area contributed by atoms with E-state index in [-0.39, 0.29) is 5.91 Å². The molecule has 23 heavy (non-hydrogen) atoms. The van der Waals surface area contributed by atoms with Crippen molar-refractivity contribution in [3.63, 3.8) is 0 Å². The summed E-state index contributed by atoms with van der Waals surface area (Å²) in [5, 5.41) is -0.532. The molecule has 0 spiro atoms. The van der Waals surface area contributed by atoms with Crippen molar-refractivity contribution in [3.8, 4) is 0 Å². The fraction of sp³-hybridized carbons (Fsp3) is 0.316. The Balaban J connectivity index is 2.16. The third-order valence-corrected chi connectivity index (χ3v) is 3.90. The number of rotatable bonds is 7. The lowest BCUT2D eigenvalue weighted by atomic mass is 10.1. The fourth-order valence-electron chi connectivity index (χ4n) is 2.59. The molecule has 1 aromatic heterocycles. The second-order valence-corrected chi connectivity index (χ2v) is 6.39. The number of aromatic nitrogens is 1.